The Balaban J connectivity index is 0. The molecule has 4 heteroatoms. The van der Waals surface area contributed by atoms with E-state index in [-0.39, 0.29) is 6.29 Å². The van der Waals surface area contributed by atoms with Crippen LogP contribution in [0.1, 0.15) is 90.5 Å². The van der Waals surface area contributed by atoms with Gasteiger partial charge in [0.05, 0.1) is 7.11 Å². The number of carbonyl (C=O) groups is 2. The molecule has 0 N–H and O–H groups in total. The molecule has 0 spiro atoms. The van der Waals surface area contributed by atoms with Crippen molar-refractivity contribution in [2.45, 2.75) is 65.8 Å². The minimum absolute atomic E-state index is 0.132. The molecule has 120 valence electrons. The average Bonchev–Trinajstić information content (AvgIpc) is 2.74. The second-order valence-electron chi connectivity index (χ2n) is 3.45. The summed E-state index contributed by atoms with van der Waals surface area (Å²) in [6.45, 7) is -4.60. The van der Waals surface area contributed by atoms with Gasteiger partial charge in [0.1, 0.15) is 6.29 Å². The molecular weight excluding hydrogens is 254 g/mol. The topological polar surface area (TPSA) is 46.6 Å². The van der Waals surface area contributed by atoms with Crippen LogP contribution in [0, 0.1) is 11.8 Å². The van der Waals surface area contributed by atoms with Gasteiger partial charge in [-0.2, -0.15) is 0 Å². The first kappa shape index (κ1) is 5.08. The van der Waals surface area contributed by atoms with E-state index in [2.05, 4.69) is 4.84 Å². The van der Waals surface area contributed by atoms with Crippen molar-refractivity contribution in [3.8, 4) is 0 Å². The Morgan fingerprint density at radius 1 is 1.30 bits per heavy atom. The number of amides is 1. The van der Waals surface area contributed by atoms with Crippen LogP contribution in [0.25, 0.3) is 0 Å². The van der Waals surface area contributed by atoms with Gasteiger partial charge >= 0.3 is 0 Å². The van der Waals surface area contributed by atoms with Gasteiger partial charge in [-0.05, 0) is 12.7 Å². The van der Waals surface area contributed by atoms with E-state index in [1.54, 1.807) is 0 Å². The zero-order valence-corrected chi connectivity index (χ0v) is 11.9. The highest BCUT2D eigenvalue weighted by Crippen LogP contribution is 2.10. The zero-order valence-electron chi connectivity index (χ0n) is 29.9. The molecule has 0 heterocycles. The summed E-state index contributed by atoms with van der Waals surface area (Å²) in [5.41, 5.74) is 0. The van der Waals surface area contributed by atoms with Crippen molar-refractivity contribution in [2.75, 3.05) is 14.2 Å². The van der Waals surface area contributed by atoms with Gasteiger partial charge in [0.2, 0.25) is 5.91 Å². The standard InChI is InChI=1S/C9H19NO2.C7H14O/c1-5-6-7-8(2)9(11)10(3)12-4;1-3-4-5-7(2)6-8/h8H,5-7H2,1-4H3;6-7H,3-5H2,1-2H3/i1D3,5D2,6D2,7D2;1D3,3D2,4D2,5D2. The van der Waals surface area contributed by atoms with Crippen molar-refractivity contribution in [1.29, 1.82) is 0 Å². The molecule has 0 radical (unpaired) electrons. The molecular formula is C16H33NO3. The number of hydrogen-bond acceptors (Lipinski definition) is 3. The summed E-state index contributed by atoms with van der Waals surface area (Å²) < 4.78 is 132. The van der Waals surface area contributed by atoms with Crippen LogP contribution in [-0.4, -0.2) is 31.4 Å². The summed E-state index contributed by atoms with van der Waals surface area (Å²) in [6.07, 6.45) is -19.5. The van der Waals surface area contributed by atoms with Gasteiger partial charge in [0.15, 0.2) is 0 Å². The van der Waals surface area contributed by atoms with Crippen LogP contribution in [0.5, 0.6) is 0 Å². The van der Waals surface area contributed by atoms with Crippen LogP contribution in [0.2, 0.25) is 0 Å². The smallest absolute Gasteiger partial charge is 0.248 e. The fraction of sp³-hybridized carbons (Fsp3) is 0.875. The second-order valence-corrected chi connectivity index (χ2v) is 3.45. The lowest BCUT2D eigenvalue weighted by atomic mass is 10.0. The Kier molecular flexibility index (Phi) is 3.68. The molecule has 2 unspecified atom stereocenters. The largest absolute Gasteiger partial charge is 0.303 e. The maximum Gasteiger partial charge on any atom is 0.248 e. The Labute approximate surface area is 150 Å². The molecule has 0 bridgehead atoms. The van der Waals surface area contributed by atoms with Crippen molar-refractivity contribution in [2.24, 2.45) is 11.8 Å². The number of rotatable bonds is 9. The quantitative estimate of drug-likeness (QED) is 0.480. The highest BCUT2D eigenvalue weighted by molar-refractivity contribution is 5.77. The summed E-state index contributed by atoms with van der Waals surface area (Å²) in [5.74, 6) is -4.06. The number of carbonyl (C=O) groups excluding carboxylic acids is 2. The lowest BCUT2D eigenvalue weighted by Gasteiger charge is -2.18. The molecule has 0 saturated carbocycles. The second kappa shape index (κ2) is 14.5. The lowest BCUT2D eigenvalue weighted by molar-refractivity contribution is -0.173. The Morgan fingerprint density at radius 2 is 1.85 bits per heavy atom. The van der Waals surface area contributed by atoms with Crippen LogP contribution in [0.15, 0.2) is 0 Å². The minimum Gasteiger partial charge on any atom is -0.303 e. The van der Waals surface area contributed by atoms with Gasteiger partial charge in [-0.25, -0.2) is 5.06 Å². The van der Waals surface area contributed by atoms with E-state index in [0.717, 1.165) is 21.0 Å². The number of aldehydes is 1. The van der Waals surface area contributed by atoms with Gasteiger partial charge in [-0.15, -0.1) is 0 Å². The van der Waals surface area contributed by atoms with Gasteiger partial charge in [0.25, 0.3) is 0 Å². The molecule has 0 saturated heterocycles. The zero-order chi connectivity index (χ0) is 31.7. The van der Waals surface area contributed by atoms with Gasteiger partial charge < -0.3 is 4.79 Å². The first-order valence-electron chi connectivity index (χ1n) is 14.6. The van der Waals surface area contributed by atoms with Gasteiger partial charge in [-0.3, -0.25) is 9.63 Å². The summed E-state index contributed by atoms with van der Waals surface area (Å²) in [5, 5.41) is 0.670. The first-order valence-corrected chi connectivity index (χ1v) is 5.56. The molecule has 0 aliphatic rings. The van der Waals surface area contributed by atoms with E-state index in [0.29, 0.717) is 5.06 Å². The van der Waals surface area contributed by atoms with E-state index in [1.165, 1.54) is 7.05 Å². The molecule has 0 rings (SSSR count). The van der Waals surface area contributed by atoms with Crippen LogP contribution in [0.4, 0.5) is 0 Å². The van der Waals surface area contributed by atoms with Gasteiger partial charge in [-0.1, -0.05) is 53.0 Å². The van der Waals surface area contributed by atoms with E-state index in [1.807, 2.05) is 0 Å². The van der Waals surface area contributed by atoms with Crippen molar-refractivity contribution < 1.29 is 39.1 Å². The minimum atomic E-state index is -3.48. The average molecular weight is 306 g/mol. The maximum absolute atomic E-state index is 11.9. The summed E-state index contributed by atoms with van der Waals surface area (Å²) >= 11 is 0. The highest BCUT2D eigenvalue weighted by atomic mass is 16.7. The highest BCUT2D eigenvalue weighted by Gasteiger charge is 2.16. The fourth-order valence-corrected chi connectivity index (χ4v) is 0.753. The third kappa shape index (κ3) is 12.2. The fourth-order valence-electron chi connectivity index (χ4n) is 0.753. The molecule has 0 aliphatic carbocycles. The van der Waals surface area contributed by atoms with Crippen LogP contribution >= 0.6 is 0 Å². The first-order chi connectivity index (χ1) is 16.3. The lowest BCUT2D eigenvalue weighted by Crippen LogP contribution is -2.30. The molecule has 0 aromatic heterocycles. The maximum atomic E-state index is 11.9. The van der Waals surface area contributed by atoms with Crippen molar-refractivity contribution in [3.05, 3.63) is 0 Å². The summed E-state index contributed by atoms with van der Waals surface area (Å²) in [7, 11) is 2.33. The number of hydroxylamine groups is 2. The molecule has 2 atom stereocenters. The Morgan fingerprint density at radius 3 is 2.30 bits per heavy atom. The monoisotopic (exact) mass is 305 g/mol. The molecule has 1 amide bonds. The molecule has 0 fully saturated rings. The predicted molar refractivity (Wildman–Crippen MR) is 83.2 cm³/mol. The van der Waals surface area contributed by atoms with E-state index >= 15 is 0 Å². The van der Waals surface area contributed by atoms with Crippen molar-refractivity contribution in [1.82, 2.24) is 5.06 Å². The molecule has 20 heavy (non-hydrogen) atoms. The van der Waals surface area contributed by atoms with E-state index < -0.39 is 69.7 Å². The summed E-state index contributed by atoms with van der Waals surface area (Å²) in [4.78, 5) is 27.0. The summed E-state index contributed by atoms with van der Waals surface area (Å²) in [6, 6.07) is 0. The van der Waals surface area contributed by atoms with E-state index in [9.17, 15) is 9.59 Å². The molecule has 0 aliphatic heterocycles. The predicted octanol–water partition coefficient (Wildman–Crippen LogP) is 3.84. The normalized spacial score (nSPS) is 31.8. The van der Waals surface area contributed by atoms with Crippen molar-refractivity contribution in [3.63, 3.8) is 0 Å². The number of nitrogens with zero attached hydrogens (tertiary/aromatic N) is 1. The Bertz CT molecular complexity index is 819. The van der Waals surface area contributed by atoms with Crippen molar-refractivity contribution >= 4 is 12.2 Å². The van der Waals surface area contributed by atoms with E-state index in [4.69, 9.17) is 24.7 Å². The molecule has 4 nitrogen and oxygen atoms in total. The molecule has 0 aromatic carbocycles. The van der Waals surface area contributed by atoms with Gasteiger partial charge in [0, 0.05) is 43.6 Å². The van der Waals surface area contributed by atoms with Crippen LogP contribution in [0.3, 0.4) is 0 Å². The SMILES string of the molecule is [2H]C([2H])([2H])C([2H])([2H])C([2H])([2H])C([2H])([2H])C(C)C(=O)N(C)OC.[2H]C([2H])([2H])C([2H])([2H])C([2H])([2H])C([2H])([2H])C(C)C=O. The number of hydrogen-bond donors (Lipinski definition) is 0. The van der Waals surface area contributed by atoms with Crippen LogP contribution < -0.4 is 0 Å². The molecule has 0 aromatic rings. The third-order valence-electron chi connectivity index (χ3n) is 1.87. The van der Waals surface area contributed by atoms with Crippen LogP contribution in [-0.2, 0) is 14.4 Å². The third-order valence-corrected chi connectivity index (χ3v) is 1.87. The Hall–Kier alpha value is -0.900.